The second-order valence-corrected chi connectivity index (χ2v) is 6.92. The number of hydrogen-bond acceptors (Lipinski definition) is 5. The first-order valence-electron chi connectivity index (χ1n) is 10.9. The van der Waals surface area contributed by atoms with Crippen molar-refractivity contribution < 1.29 is 33.1 Å². The minimum Gasteiger partial charge on any atom is -0.463 e. The molecule has 2 heterocycles. The molecule has 2 aliphatic rings. The van der Waals surface area contributed by atoms with Crippen LogP contribution in [0.15, 0.2) is 17.1 Å². The summed E-state index contributed by atoms with van der Waals surface area (Å²) in [6, 6.07) is 0. The quantitative estimate of drug-likeness (QED) is 0.474. The Morgan fingerprint density at radius 3 is 2.82 bits per heavy atom. The number of carbonyl (C=O) groups excluding carboxylic acids is 2. The van der Waals surface area contributed by atoms with Crippen LogP contribution in [-0.4, -0.2) is 66.3 Å². The predicted octanol–water partition coefficient (Wildman–Crippen LogP) is 2.07. The maximum absolute atomic E-state index is 12.7. The van der Waals surface area contributed by atoms with E-state index in [0.29, 0.717) is 37.2 Å². The Morgan fingerprint density at radius 1 is 1.29 bits per heavy atom. The zero-order valence-electron chi connectivity index (χ0n) is 18.8. The molecule has 2 N–H and O–H groups in total. The van der Waals surface area contributed by atoms with Crippen LogP contribution < -0.4 is 5.32 Å². The van der Waals surface area contributed by atoms with Gasteiger partial charge in [-0.3, -0.25) is 14.9 Å². The van der Waals surface area contributed by atoms with Gasteiger partial charge in [0.25, 0.3) is 0 Å². The smallest absolute Gasteiger partial charge is 0.434 e. The number of aliphatic imine (C=N–C) groups is 1. The van der Waals surface area contributed by atoms with Gasteiger partial charge in [0.1, 0.15) is 12.1 Å². The number of allylic oxidation sites excluding steroid dienone is 2. The Labute approximate surface area is 169 Å². The summed E-state index contributed by atoms with van der Waals surface area (Å²) in [5.74, 6) is -2.18. The topological polar surface area (TPSA) is 118 Å². The van der Waals surface area contributed by atoms with E-state index in [1.807, 2.05) is 6.08 Å². The van der Waals surface area contributed by atoms with Crippen LogP contribution in [-0.2, 0) is 19.1 Å². The normalized spacial score (nSPS) is 30.6. The van der Waals surface area contributed by atoms with Gasteiger partial charge in [-0.05, 0) is 32.1 Å². The van der Waals surface area contributed by atoms with Crippen molar-refractivity contribution in [1.82, 2.24) is 10.2 Å². The van der Waals surface area contributed by atoms with E-state index in [1.54, 1.807) is 0 Å². The molecule has 0 aromatic heterocycles. The largest absolute Gasteiger partial charge is 0.463 e. The van der Waals surface area contributed by atoms with Gasteiger partial charge in [-0.1, -0.05) is 18.6 Å². The second kappa shape index (κ2) is 10.8. The van der Waals surface area contributed by atoms with Crippen LogP contribution in [0.25, 0.3) is 0 Å². The molecule has 1 saturated heterocycles. The van der Waals surface area contributed by atoms with E-state index in [-0.39, 0.29) is 13.0 Å². The van der Waals surface area contributed by atoms with Gasteiger partial charge in [-0.2, -0.15) is 0 Å². The Kier molecular flexibility index (Phi) is 6.81. The Hall–Kier alpha value is -2.42. The molecule has 0 aromatic carbocycles. The van der Waals surface area contributed by atoms with Crippen LogP contribution in [0, 0.1) is 0 Å². The molecule has 1 unspecified atom stereocenters. The standard InChI is InChI=1S/C19H29N3O6/c1-22-13-16(24)28-19(11-12-27-14-19)10-8-6-4-2-3-5-7-9-15(23)20-17(22)21-18(25)26/h4,6H,2-3,5,7-14H2,1H3,(H,25,26)(H,20,21,23)/b6-4-/i1D3. The number of rotatable bonds is 0. The molecule has 1 atom stereocenters. The molecule has 1 spiro atoms. The summed E-state index contributed by atoms with van der Waals surface area (Å²) >= 11 is 0. The summed E-state index contributed by atoms with van der Waals surface area (Å²) in [5, 5.41) is 11.3. The number of hydrogen-bond donors (Lipinski definition) is 2. The van der Waals surface area contributed by atoms with E-state index in [4.69, 9.17) is 18.7 Å². The van der Waals surface area contributed by atoms with Gasteiger partial charge in [0.2, 0.25) is 11.9 Å². The van der Waals surface area contributed by atoms with E-state index >= 15 is 0 Å². The highest BCUT2D eigenvalue weighted by Crippen LogP contribution is 2.29. The zero-order chi connectivity index (χ0) is 22.9. The molecular weight excluding hydrogens is 366 g/mol. The SMILES string of the molecule is [2H]C([2H])([2H])N1CC(=O)OC2(CC/C=C\CCCCCC(=O)NC1=NC(=O)O)CCOC2. The maximum Gasteiger partial charge on any atom is 0.434 e. The highest BCUT2D eigenvalue weighted by atomic mass is 16.6. The van der Waals surface area contributed by atoms with Crippen molar-refractivity contribution in [3.8, 4) is 0 Å². The summed E-state index contributed by atoms with van der Waals surface area (Å²) in [6.45, 7) is -3.12. The van der Waals surface area contributed by atoms with Crippen LogP contribution in [0.1, 0.15) is 55.5 Å². The molecule has 0 aromatic rings. The average molecular weight is 398 g/mol. The number of carbonyl (C=O) groups is 3. The molecule has 0 saturated carbocycles. The van der Waals surface area contributed by atoms with Gasteiger partial charge in [0, 0.05) is 23.9 Å². The number of nitrogens with zero attached hydrogens (tertiary/aromatic N) is 2. The molecule has 0 bridgehead atoms. The van der Waals surface area contributed by atoms with E-state index in [9.17, 15) is 14.4 Å². The summed E-state index contributed by atoms with van der Waals surface area (Å²) in [6.07, 6.45) is 7.19. The summed E-state index contributed by atoms with van der Waals surface area (Å²) < 4.78 is 34.2. The van der Waals surface area contributed by atoms with E-state index in [0.717, 1.165) is 19.3 Å². The molecule has 156 valence electrons. The van der Waals surface area contributed by atoms with Crippen LogP contribution in [0.3, 0.4) is 0 Å². The van der Waals surface area contributed by atoms with Gasteiger partial charge < -0.3 is 19.5 Å². The third-order valence-electron chi connectivity index (χ3n) is 4.60. The first-order chi connectivity index (χ1) is 14.6. The summed E-state index contributed by atoms with van der Waals surface area (Å²) in [7, 11) is 0. The van der Waals surface area contributed by atoms with Crippen molar-refractivity contribution in [2.75, 3.05) is 26.7 Å². The Bertz CT molecular complexity index is 717. The van der Waals surface area contributed by atoms with Crippen molar-refractivity contribution in [2.45, 2.75) is 57.0 Å². The van der Waals surface area contributed by atoms with E-state index in [2.05, 4.69) is 16.4 Å². The monoisotopic (exact) mass is 398 g/mol. The minimum absolute atomic E-state index is 0.0715. The first kappa shape index (κ1) is 17.7. The number of amides is 2. The highest BCUT2D eigenvalue weighted by molar-refractivity contribution is 6.01. The van der Waals surface area contributed by atoms with E-state index in [1.165, 1.54) is 0 Å². The lowest BCUT2D eigenvalue weighted by atomic mass is 9.96. The molecule has 2 aliphatic heterocycles. The van der Waals surface area contributed by atoms with Gasteiger partial charge in [0.15, 0.2) is 0 Å². The molecule has 9 heteroatoms. The highest BCUT2D eigenvalue weighted by Gasteiger charge is 2.38. The van der Waals surface area contributed by atoms with Gasteiger partial charge >= 0.3 is 12.1 Å². The number of carboxylic acid groups (broad SMARTS) is 1. The zero-order valence-corrected chi connectivity index (χ0v) is 15.8. The molecule has 2 amide bonds. The lowest BCUT2D eigenvalue weighted by Gasteiger charge is -2.29. The molecule has 28 heavy (non-hydrogen) atoms. The van der Waals surface area contributed by atoms with Gasteiger partial charge in [-0.25, -0.2) is 4.79 Å². The Balaban J connectivity index is 2.30. The lowest BCUT2D eigenvalue weighted by Crippen LogP contribution is -2.46. The number of guanidine groups is 1. The predicted molar refractivity (Wildman–Crippen MR) is 102 cm³/mol. The van der Waals surface area contributed by atoms with Crippen molar-refractivity contribution in [1.29, 1.82) is 0 Å². The number of likely N-dealkylation sites (N-methyl/N-ethyl adjacent to an activating group) is 1. The molecule has 2 rings (SSSR count). The summed E-state index contributed by atoms with van der Waals surface area (Å²) in [5.41, 5.74) is -0.872. The molecule has 0 aliphatic carbocycles. The fraction of sp³-hybridized carbons (Fsp3) is 0.684. The third kappa shape index (κ3) is 7.30. The Morgan fingerprint density at radius 2 is 2.11 bits per heavy atom. The molecule has 0 radical (unpaired) electrons. The lowest BCUT2D eigenvalue weighted by molar-refractivity contribution is -0.160. The molecule has 9 nitrogen and oxygen atoms in total. The summed E-state index contributed by atoms with van der Waals surface area (Å²) in [4.78, 5) is 39.7. The third-order valence-corrected chi connectivity index (χ3v) is 4.60. The average Bonchev–Trinajstić information content (AvgIpc) is 3.10. The number of ether oxygens (including phenoxy) is 2. The fourth-order valence-electron chi connectivity index (χ4n) is 3.14. The molecule has 1 fully saturated rings. The van der Waals surface area contributed by atoms with E-state index < -0.39 is 43.1 Å². The fourth-order valence-corrected chi connectivity index (χ4v) is 3.14. The van der Waals surface area contributed by atoms with Crippen molar-refractivity contribution in [2.24, 2.45) is 4.99 Å². The van der Waals surface area contributed by atoms with Crippen LogP contribution in [0.4, 0.5) is 4.79 Å². The van der Waals surface area contributed by atoms with Crippen LogP contribution in [0.5, 0.6) is 0 Å². The maximum atomic E-state index is 12.7. The van der Waals surface area contributed by atoms with Gasteiger partial charge in [0.05, 0.1) is 13.2 Å². The molecular formula is C19H29N3O6. The number of esters is 1. The van der Waals surface area contributed by atoms with Gasteiger partial charge in [-0.15, -0.1) is 4.99 Å². The van der Waals surface area contributed by atoms with Crippen molar-refractivity contribution in [3.05, 3.63) is 12.2 Å². The van der Waals surface area contributed by atoms with Crippen molar-refractivity contribution >= 4 is 23.9 Å². The first-order valence-corrected chi connectivity index (χ1v) is 9.45. The minimum atomic E-state index is -2.94. The van der Waals surface area contributed by atoms with Crippen molar-refractivity contribution in [3.63, 3.8) is 0 Å². The number of nitrogens with one attached hydrogen (secondary N) is 1. The second-order valence-electron chi connectivity index (χ2n) is 6.92. The van der Waals surface area contributed by atoms with Crippen LogP contribution in [0.2, 0.25) is 0 Å². The van der Waals surface area contributed by atoms with Crippen LogP contribution >= 0.6 is 0 Å².